The monoisotopic (exact) mass is 249 g/mol. The van der Waals surface area contributed by atoms with E-state index in [4.69, 9.17) is 5.26 Å². The van der Waals surface area contributed by atoms with Crippen molar-refractivity contribution in [2.24, 2.45) is 0 Å². The molecule has 7 nitrogen and oxygen atoms in total. The lowest BCUT2D eigenvalue weighted by molar-refractivity contribution is -0.141. The van der Waals surface area contributed by atoms with E-state index in [1.165, 1.54) is 11.7 Å². The molecule has 1 aromatic heterocycles. The first-order valence-corrected chi connectivity index (χ1v) is 5.43. The van der Waals surface area contributed by atoms with Crippen LogP contribution in [0.4, 0.5) is 0 Å². The van der Waals surface area contributed by atoms with Crippen LogP contribution in [0.15, 0.2) is 9.59 Å². The number of esters is 1. The van der Waals surface area contributed by atoms with Crippen LogP contribution in [0.25, 0.3) is 0 Å². The van der Waals surface area contributed by atoms with E-state index in [2.05, 4.69) is 4.74 Å². The lowest BCUT2D eigenvalue weighted by Crippen LogP contribution is -2.43. The Kier molecular flexibility index (Phi) is 3.02. The van der Waals surface area contributed by atoms with Gasteiger partial charge in [0.2, 0.25) is 0 Å². The quantitative estimate of drug-likeness (QED) is 0.627. The number of hydrogen-bond acceptors (Lipinski definition) is 5. The Labute approximate surface area is 102 Å². The van der Waals surface area contributed by atoms with Crippen LogP contribution in [0.3, 0.4) is 0 Å². The van der Waals surface area contributed by atoms with Crippen LogP contribution in [0.2, 0.25) is 0 Å². The fourth-order valence-electron chi connectivity index (χ4n) is 2.08. The summed E-state index contributed by atoms with van der Waals surface area (Å²) in [4.78, 5) is 35.1. The van der Waals surface area contributed by atoms with Crippen molar-refractivity contribution in [1.82, 2.24) is 9.13 Å². The van der Waals surface area contributed by atoms with Gasteiger partial charge in [-0.3, -0.25) is 14.2 Å². The molecule has 0 radical (unpaired) electrons. The zero-order valence-electron chi connectivity index (χ0n) is 9.80. The molecule has 0 aromatic carbocycles. The van der Waals surface area contributed by atoms with Crippen LogP contribution in [-0.2, 0) is 29.0 Å². The minimum absolute atomic E-state index is 0.0593. The predicted octanol–water partition coefficient (Wildman–Crippen LogP) is -0.999. The summed E-state index contributed by atoms with van der Waals surface area (Å²) in [6.45, 7) is -0.00652. The SMILES string of the molecule is COC(=O)Cn1c(=O)c(C#N)c2n(c1=O)CCC2. The number of ether oxygens (including phenoxy) is 1. The van der Waals surface area contributed by atoms with E-state index >= 15 is 0 Å². The maximum atomic E-state index is 12.0. The van der Waals surface area contributed by atoms with Crippen molar-refractivity contribution in [2.45, 2.75) is 25.9 Å². The van der Waals surface area contributed by atoms with Gasteiger partial charge in [0.05, 0.1) is 7.11 Å². The van der Waals surface area contributed by atoms with E-state index in [1.807, 2.05) is 6.07 Å². The number of nitrogens with zero attached hydrogens (tertiary/aromatic N) is 3. The Bertz CT molecular complexity index is 663. The van der Waals surface area contributed by atoms with Crippen LogP contribution in [0.5, 0.6) is 0 Å². The minimum Gasteiger partial charge on any atom is -0.468 e. The number of nitriles is 1. The first-order valence-electron chi connectivity index (χ1n) is 5.43. The van der Waals surface area contributed by atoms with E-state index in [-0.39, 0.29) is 5.56 Å². The fourth-order valence-corrected chi connectivity index (χ4v) is 2.08. The van der Waals surface area contributed by atoms with Crippen molar-refractivity contribution in [3.63, 3.8) is 0 Å². The van der Waals surface area contributed by atoms with E-state index in [9.17, 15) is 14.4 Å². The summed E-state index contributed by atoms with van der Waals surface area (Å²) in [6, 6.07) is 1.81. The smallest absolute Gasteiger partial charge is 0.331 e. The summed E-state index contributed by atoms with van der Waals surface area (Å²) in [5, 5.41) is 8.99. The summed E-state index contributed by atoms with van der Waals surface area (Å²) in [6.07, 6.45) is 1.25. The third-order valence-electron chi connectivity index (χ3n) is 2.96. The normalized spacial score (nSPS) is 12.9. The van der Waals surface area contributed by atoms with Crippen LogP contribution >= 0.6 is 0 Å². The molecular weight excluding hydrogens is 238 g/mol. The molecule has 0 amide bonds. The molecule has 1 aliphatic rings. The van der Waals surface area contributed by atoms with E-state index in [0.29, 0.717) is 25.1 Å². The van der Waals surface area contributed by atoms with Crippen molar-refractivity contribution >= 4 is 5.97 Å². The summed E-state index contributed by atoms with van der Waals surface area (Å²) >= 11 is 0. The van der Waals surface area contributed by atoms with Gasteiger partial charge in [-0.2, -0.15) is 5.26 Å². The highest BCUT2D eigenvalue weighted by Crippen LogP contribution is 2.12. The van der Waals surface area contributed by atoms with Gasteiger partial charge in [0, 0.05) is 12.2 Å². The molecule has 18 heavy (non-hydrogen) atoms. The predicted molar refractivity (Wildman–Crippen MR) is 60.0 cm³/mol. The summed E-state index contributed by atoms with van der Waals surface area (Å²) in [5.41, 5.74) is -0.873. The van der Waals surface area contributed by atoms with Crippen molar-refractivity contribution < 1.29 is 9.53 Å². The molecule has 2 heterocycles. The summed E-state index contributed by atoms with van der Waals surface area (Å²) in [7, 11) is 1.17. The molecule has 0 fully saturated rings. The third-order valence-corrected chi connectivity index (χ3v) is 2.96. The maximum absolute atomic E-state index is 12.0. The highest BCUT2D eigenvalue weighted by Gasteiger charge is 2.23. The molecule has 0 bridgehead atoms. The van der Waals surface area contributed by atoms with E-state index in [0.717, 1.165) is 4.57 Å². The standard InChI is InChI=1S/C11H11N3O4/c1-18-9(15)6-14-10(16)7(5-12)8-3-2-4-13(8)11(14)17/h2-4,6H2,1H3. The van der Waals surface area contributed by atoms with Crippen LogP contribution in [0.1, 0.15) is 17.7 Å². The Morgan fingerprint density at radius 1 is 1.50 bits per heavy atom. The molecule has 0 saturated heterocycles. The van der Waals surface area contributed by atoms with E-state index in [1.54, 1.807) is 0 Å². The molecule has 1 aromatic rings. The molecule has 2 rings (SSSR count). The zero-order valence-corrected chi connectivity index (χ0v) is 9.80. The second kappa shape index (κ2) is 4.49. The van der Waals surface area contributed by atoms with Gasteiger partial charge in [-0.25, -0.2) is 9.36 Å². The number of fused-ring (bicyclic) bond motifs is 1. The van der Waals surface area contributed by atoms with Crippen molar-refractivity contribution in [1.29, 1.82) is 5.26 Å². The first kappa shape index (κ1) is 12.1. The van der Waals surface area contributed by atoms with Gasteiger partial charge in [-0.1, -0.05) is 0 Å². The number of hydrogen-bond donors (Lipinski definition) is 0. The Balaban J connectivity index is 2.69. The summed E-state index contributed by atoms with van der Waals surface area (Å²) < 4.78 is 6.55. The Hall–Kier alpha value is -2.36. The Morgan fingerprint density at radius 2 is 2.22 bits per heavy atom. The minimum atomic E-state index is -0.721. The third kappa shape index (κ3) is 1.72. The lowest BCUT2D eigenvalue weighted by Gasteiger charge is -2.09. The number of aromatic nitrogens is 2. The highest BCUT2D eigenvalue weighted by atomic mass is 16.5. The van der Waals surface area contributed by atoms with Gasteiger partial charge in [-0.15, -0.1) is 0 Å². The molecule has 0 spiro atoms. The zero-order chi connectivity index (χ0) is 13.3. The fraction of sp³-hybridized carbons (Fsp3) is 0.455. The molecule has 0 unspecified atom stereocenters. The average Bonchev–Trinajstić information content (AvgIpc) is 2.84. The van der Waals surface area contributed by atoms with Crippen molar-refractivity contribution in [3.8, 4) is 6.07 Å². The maximum Gasteiger partial charge on any atom is 0.331 e. The van der Waals surface area contributed by atoms with Crippen molar-refractivity contribution in [3.05, 3.63) is 32.1 Å². The average molecular weight is 249 g/mol. The van der Waals surface area contributed by atoms with E-state index < -0.39 is 23.8 Å². The Morgan fingerprint density at radius 3 is 2.83 bits per heavy atom. The van der Waals surface area contributed by atoms with Gasteiger partial charge in [0.1, 0.15) is 18.2 Å². The van der Waals surface area contributed by atoms with Gasteiger partial charge in [0.25, 0.3) is 5.56 Å². The molecule has 94 valence electrons. The van der Waals surface area contributed by atoms with Gasteiger partial charge in [0.15, 0.2) is 0 Å². The molecule has 7 heteroatoms. The van der Waals surface area contributed by atoms with Crippen molar-refractivity contribution in [2.75, 3.05) is 7.11 Å². The van der Waals surface area contributed by atoms with Crippen LogP contribution in [-0.4, -0.2) is 22.2 Å². The number of methoxy groups -OCH3 is 1. The second-order valence-corrected chi connectivity index (χ2v) is 3.94. The van der Waals surface area contributed by atoms with Crippen LogP contribution in [0, 0.1) is 11.3 Å². The van der Waals surface area contributed by atoms with Gasteiger partial charge in [-0.05, 0) is 12.8 Å². The van der Waals surface area contributed by atoms with Crippen LogP contribution < -0.4 is 11.2 Å². The molecule has 0 atom stereocenters. The molecule has 0 saturated carbocycles. The molecular formula is C11H11N3O4. The largest absolute Gasteiger partial charge is 0.468 e. The topological polar surface area (TPSA) is 94.1 Å². The molecule has 0 N–H and O–H groups in total. The molecule has 1 aliphatic heterocycles. The highest BCUT2D eigenvalue weighted by molar-refractivity contribution is 5.68. The van der Waals surface area contributed by atoms with Gasteiger partial charge < -0.3 is 4.74 Å². The van der Waals surface area contributed by atoms with Gasteiger partial charge >= 0.3 is 11.7 Å². The lowest BCUT2D eigenvalue weighted by atomic mass is 10.2. The number of rotatable bonds is 2. The molecule has 0 aliphatic carbocycles. The second-order valence-electron chi connectivity index (χ2n) is 3.94. The first-order chi connectivity index (χ1) is 8.60. The summed E-state index contributed by atoms with van der Waals surface area (Å²) in [5.74, 6) is -0.698. The number of carbonyl (C=O) groups excluding carboxylic acids is 1. The number of carbonyl (C=O) groups is 1.